The van der Waals surface area contributed by atoms with Crippen LogP contribution in [-0.4, -0.2) is 54.2 Å². The lowest BCUT2D eigenvalue weighted by Gasteiger charge is -2.35. The predicted molar refractivity (Wildman–Crippen MR) is 78.0 cm³/mol. The number of carbonyl (C=O) groups is 2. The lowest BCUT2D eigenvalue weighted by Crippen LogP contribution is -2.48. The van der Waals surface area contributed by atoms with E-state index in [0.717, 1.165) is 12.1 Å². The number of carbonyl (C=O) groups excluding carboxylic acids is 2. The van der Waals surface area contributed by atoms with Crippen molar-refractivity contribution < 1.29 is 23.1 Å². The van der Waals surface area contributed by atoms with Crippen LogP contribution < -0.4 is 5.32 Å². The fourth-order valence-electron chi connectivity index (χ4n) is 2.90. The number of ether oxygens (including phenoxy) is 1. The smallest absolute Gasteiger partial charge is 0.410 e. The van der Waals surface area contributed by atoms with E-state index in [1.807, 2.05) is 0 Å². The summed E-state index contributed by atoms with van der Waals surface area (Å²) in [5, 5.41) is 2.44. The highest BCUT2D eigenvalue weighted by Crippen LogP contribution is 2.21. The van der Waals surface area contributed by atoms with Crippen molar-refractivity contribution in [3.8, 4) is 0 Å². The molecule has 3 rings (SSSR count). The summed E-state index contributed by atoms with van der Waals surface area (Å²) in [6.45, 7) is 1.91. The third-order valence-corrected chi connectivity index (χ3v) is 4.16. The van der Waals surface area contributed by atoms with Crippen LogP contribution in [0.15, 0.2) is 18.2 Å². The minimum atomic E-state index is -0.812. The van der Waals surface area contributed by atoms with Crippen LogP contribution in [0.4, 0.5) is 24.1 Å². The first-order valence-electron chi connectivity index (χ1n) is 7.49. The quantitative estimate of drug-likeness (QED) is 0.908. The normalized spacial score (nSPS) is 19.0. The Morgan fingerprint density at radius 2 is 1.96 bits per heavy atom. The summed E-state index contributed by atoms with van der Waals surface area (Å²) in [6.07, 6.45) is 0.990. The molecule has 0 saturated carbocycles. The molecule has 0 radical (unpaired) electrons. The van der Waals surface area contributed by atoms with Gasteiger partial charge in [-0.05, 0) is 25.0 Å². The second kappa shape index (κ2) is 6.39. The molecule has 2 saturated heterocycles. The largest absolute Gasteiger partial charge is 0.448 e. The van der Waals surface area contributed by atoms with Crippen molar-refractivity contribution >= 4 is 17.8 Å². The van der Waals surface area contributed by atoms with Gasteiger partial charge < -0.3 is 19.9 Å². The maximum Gasteiger partial charge on any atom is 0.410 e. The number of piperidine rings is 1. The molecule has 1 N–H and O–H groups in total. The van der Waals surface area contributed by atoms with Crippen molar-refractivity contribution in [2.45, 2.75) is 18.9 Å². The number of hydrogen-bond donors (Lipinski definition) is 1. The lowest BCUT2D eigenvalue weighted by atomic mass is 10.0. The first-order chi connectivity index (χ1) is 11.0. The summed E-state index contributed by atoms with van der Waals surface area (Å²) in [7, 11) is 0. The van der Waals surface area contributed by atoms with Crippen molar-refractivity contribution in [1.29, 1.82) is 0 Å². The topological polar surface area (TPSA) is 61.9 Å². The minimum Gasteiger partial charge on any atom is -0.448 e. The summed E-state index contributed by atoms with van der Waals surface area (Å²) in [4.78, 5) is 26.9. The van der Waals surface area contributed by atoms with Crippen molar-refractivity contribution in [3.05, 3.63) is 29.8 Å². The lowest BCUT2D eigenvalue weighted by molar-refractivity contribution is 0.125. The average Bonchev–Trinajstić information content (AvgIpc) is 2.96. The van der Waals surface area contributed by atoms with Gasteiger partial charge in [0.25, 0.3) is 0 Å². The SMILES string of the molecule is O=C(Nc1ccc(F)cc1F)N1CCC(N2CCOC2=O)CC1. The standard InChI is InChI=1S/C15H17F2N3O3/c16-10-1-2-13(12(17)9-10)18-14(21)19-5-3-11(4-6-19)20-7-8-23-15(20)22/h1-2,9,11H,3-8H2,(H,18,21). The van der Waals surface area contributed by atoms with Crippen molar-refractivity contribution in [1.82, 2.24) is 9.80 Å². The van der Waals surface area contributed by atoms with E-state index in [9.17, 15) is 18.4 Å². The molecule has 0 aliphatic carbocycles. The number of rotatable bonds is 2. The van der Waals surface area contributed by atoms with E-state index >= 15 is 0 Å². The number of nitrogens with one attached hydrogen (secondary N) is 1. The van der Waals surface area contributed by atoms with Gasteiger partial charge in [0.05, 0.1) is 12.2 Å². The van der Waals surface area contributed by atoms with E-state index in [0.29, 0.717) is 39.1 Å². The summed E-state index contributed by atoms with van der Waals surface area (Å²) in [5.41, 5.74) is -0.0540. The number of urea groups is 1. The molecule has 0 spiro atoms. The van der Waals surface area contributed by atoms with Gasteiger partial charge in [-0.25, -0.2) is 18.4 Å². The molecule has 1 aromatic carbocycles. The number of likely N-dealkylation sites (tertiary alicyclic amines) is 1. The van der Waals surface area contributed by atoms with Crippen LogP contribution >= 0.6 is 0 Å². The second-order valence-corrected chi connectivity index (χ2v) is 5.58. The number of cyclic esters (lactones) is 1. The number of hydrogen-bond acceptors (Lipinski definition) is 3. The van der Waals surface area contributed by atoms with Crippen LogP contribution in [0.25, 0.3) is 0 Å². The molecule has 23 heavy (non-hydrogen) atoms. The second-order valence-electron chi connectivity index (χ2n) is 5.58. The third kappa shape index (κ3) is 3.35. The number of benzene rings is 1. The Morgan fingerprint density at radius 1 is 1.22 bits per heavy atom. The zero-order valence-corrected chi connectivity index (χ0v) is 12.4. The van der Waals surface area contributed by atoms with Gasteiger partial charge in [0.15, 0.2) is 0 Å². The molecule has 8 heteroatoms. The van der Waals surface area contributed by atoms with Crippen LogP contribution in [-0.2, 0) is 4.74 Å². The fourth-order valence-corrected chi connectivity index (χ4v) is 2.90. The predicted octanol–water partition coefficient (Wildman–Crippen LogP) is 2.41. The molecular weight excluding hydrogens is 308 g/mol. The summed E-state index contributed by atoms with van der Waals surface area (Å²) in [5.74, 6) is -1.51. The number of halogens is 2. The number of anilines is 1. The van der Waals surface area contributed by atoms with Crippen LogP contribution in [0, 0.1) is 11.6 Å². The average molecular weight is 325 g/mol. The van der Waals surface area contributed by atoms with Gasteiger partial charge in [-0.2, -0.15) is 0 Å². The van der Waals surface area contributed by atoms with E-state index in [2.05, 4.69) is 5.32 Å². The van der Waals surface area contributed by atoms with Gasteiger partial charge in [0, 0.05) is 25.2 Å². The maximum atomic E-state index is 13.6. The highest BCUT2D eigenvalue weighted by molar-refractivity contribution is 5.89. The van der Waals surface area contributed by atoms with E-state index in [1.165, 1.54) is 6.07 Å². The van der Waals surface area contributed by atoms with E-state index in [4.69, 9.17) is 4.74 Å². The first kappa shape index (κ1) is 15.5. The van der Waals surface area contributed by atoms with Crippen molar-refractivity contribution in [2.75, 3.05) is 31.6 Å². The Bertz CT molecular complexity index is 618. The van der Waals surface area contributed by atoms with Gasteiger partial charge in [0.1, 0.15) is 18.2 Å². The first-order valence-corrected chi connectivity index (χ1v) is 7.49. The molecule has 2 heterocycles. The molecule has 0 unspecified atom stereocenters. The molecule has 2 aliphatic heterocycles. The Morgan fingerprint density at radius 3 is 2.57 bits per heavy atom. The Hall–Kier alpha value is -2.38. The maximum absolute atomic E-state index is 13.6. The Kier molecular flexibility index (Phi) is 4.31. The highest BCUT2D eigenvalue weighted by atomic mass is 19.1. The van der Waals surface area contributed by atoms with E-state index in [1.54, 1.807) is 9.80 Å². The fraction of sp³-hybridized carbons (Fsp3) is 0.467. The van der Waals surface area contributed by atoms with Gasteiger partial charge >= 0.3 is 12.1 Å². The molecule has 2 aliphatic rings. The van der Waals surface area contributed by atoms with Crippen LogP contribution in [0.2, 0.25) is 0 Å². The van der Waals surface area contributed by atoms with E-state index < -0.39 is 17.7 Å². The molecule has 0 atom stereocenters. The van der Waals surface area contributed by atoms with Gasteiger partial charge in [-0.15, -0.1) is 0 Å². The van der Waals surface area contributed by atoms with E-state index in [-0.39, 0.29) is 17.8 Å². The molecule has 0 aromatic heterocycles. The highest BCUT2D eigenvalue weighted by Gasteiger charge is 2.33. The summed E-state index contributed by atoms with van der Waals surface area (Å²) < 4.78 is 31.3. The Labute approximate surface area is 132 Å². The van der Waals surface area contributed by atoms with Crippen LogP contribution in [0.5, 0.6) is 0 Å². The molecule has 0 bridgehead atoms. The zero-order valence-electron chi connectivity index (χ0n) is 12.4. The molecule has 2 fully saturated rings. The molecular formula is C15H17F2N3O3. The zero-order chi connectivity index (χ0) is 16.4. The van der Waals surface area contributed by atoms with Crippen molar-refractivity contribution in [3.63, 3.8) is 0 Å². The molecule has 1 aromatic rings. The minimum absolute atomic E-state index is 0.0540. The van der Waals surface area contributed by atoms with Crippen LogP contribution in [0.3, 0.4) is 0 Å². The summed E-state index contributed by atoms with van der Waals surface area (Å²) >= 11 is 0. The number of nitrogens with zero attached hydrogens (tertiary/aromatic N) is 2. The monoisotopic (exact) mass is 325 g/mol. The third-order valence-electron chi connectivity index (χ3n) is 4.16. The molecule has 3 amide bonds. The van der Waals surface area contributed by atoms with Crippen molar-refractivity contribution in [2.24, 2.45) is 0 Å². The molecule has 6 nitrogen and oxygen atoms in total. The van der Waals surface area contributed by atoms with Gasteiger partial charge in [0.2, 0.25) is 0 Å². The summed E-state index contributed by atoms with van der Waals surface area (Å²) in [6, 6.07) is 2.63. The Balaban J connectivity index is 1.55. The number of amides is 3. The van der Waals surface area contributed by atoms with Crippen LogP contribution in [0.1, 0.15) is 12.8 Å². The molecule has 124 valence electrons. The van der Waals surface area contributed by atoms with Gasteiger partial charge in [-0.1, -0.05) is 0 Å². The van der Waals surface area contributed by atoms with Gasteiger partial charge in [-0.3, -0.25) is 0 Å².